The summed E-state index contributed by atoms with van der Waals surface area (Å²) >= 11 is 1.50. The third-order valence-electron chi connectivity index (χ3n) is 15.2. The molecule has 5 aliphatic heterocycles. The molecule has 2 N–H and O–H groups in total. The Balaban J connectivity index is 1.08. The number of rotatable bonds is 7. The van der Waals surface area contributed by atoms with Gasteiger partial charge < -0.3 is 29.0 Å². The fourth-order valence-corrected chi connectivity index (χ4v) is 11.8. The first kappa shape index (κ1) is 42.5. The summed E-state index contributed by atoms with van der Waals surface area (Å²) in [5.74, 6) is -0.221. The van der Waals surface area contributed by atoms with Gasteiger partial charge in [0.15, 0.2) is 0 Å². The van der Waals surface area contributed by atoms with Crippen LogP contribution in [0.15, 0.2) is 35.8 Å². The molecule has 0 spiro atoms. The standard InChI is InChI=1S/C48H62N8O6S/c1-8-55-39-10-9-29-17-34(39)36(44(55)35-18-32(21-49-42(35)28(4)60-7)54-12-11-53-13-14-61-23-33(53)22-54)20-48(5,6)25-62-47(59)43-30-15-31(16-30)56(52-43)46(58)37(19-40-50-38(29)24-63-40)51-45(57)41-26(2)27(41)3/h9-10,17-18,21,24,26-28,30-31,33,37,41,43,52H,8,11-16,19-20,22-23,25H2,1-7H3,(H,51,57). The van der Waals surface area contributed by atoms with E-state index < -0.39 is 17.5 Å². The van der Waals surface area contributed by atoms with Crippen molar-refractivity contribution in [1.29, 1.82) is 0 Å². The van der Waals surface area contributed by atoms with Crippen molar-refractivity contribution in [3.8, 4) is 22.5 Å². The van der Waals surface area contributed by atoms with Gasteiger partial charge in [-0.3, -0.25) is 29.3 Å². The number of amides is 2. The number of pyridine rings is 1. The number of esters is 1. The topological polar surface area (TPSA) is 143 Å². The Kier molecular flexibility index (Phi) is 11.2. The van der Waals surface area contributed by atoms with Crippen LogP contribution in [-0.2, 0) is 48.0 Å². The van der Waals surface area contributed by atoms with Gasteiger partial charge in [0.2, 0.25) is 5.91 Å². The lowest BCUT2D eigenvalue weighted by atomic mass is 9.73. The quantitative estimate of drug-likeness (QED) is 0.224. The van der Waals surface area contributed by atoms with Gasteiger partial charge in [-0.2, -0.15) is 0 Å². The lowest BCUT2D eigenvalue weighted by Crippen LogP contribution is -2.71. The average molecular weight is 879 g/mol. The number of fused-ring (bicyclic) bond motifs is 5. The molecule has 15 heteroatoms. The number of aryl methyl sites for hydroxylation is 1. The molecule has 14 nitrogen and oxygen atoms in total. The van der Waals surface area contributed by atoms with Gasteiger partial charge in [0.05, 0.1) is 65.9 Å². The number of thiazole rings is 1. The zero-order valence-electron chi connectivity index (χ0n) is 37.7. The molecule has 1 aromatic carbocycles. The van der Waals surface area contributed by atoms with Crippen molar-refractivity contribution < 1.29 is 28.6 Å². The number of cyclic esters (lactones) is 1. The van der Waals surface area contributed by atoms with Crippen LogP contribution in [0.1, 0.15) is 76.8 Å². The van der Waals surface area contributed by atoms with Crippen LogP contribution in [0.5, 0.6) is 0 Å². The predicted molar refractivity (Wildman–Crippen MR) is 242 cm³/mol. The molecule has 63 heavy (non-hydrogen) atoms. The van der Waals surface area contributed by atoms with E-state index >= 15 is 0 Å². The number of morpholine rings is 1. The number of carbonyl (C=O) groups is 3. The maximum Gasteiger partial charge on any atom is 0.325 e. The van der Waals surface area contributed by atoms with Crippen LogP contribution in [0.2, 0.25) is 0 Å². The van der Waals surface area contributed by atoms with Gasteiger partial charge in [0.25, 0.3) is 5.91 Å². The molecule has 11 rings (SSSR count). The molecule has 4 saturated heterocycles. The van der Waals surface area contributed by atoms with Gasteiger partial charge >= 0.3 is 5.97 Å². The second-order valence-corrected chi connectivity index (χ2v) is 20.7. The molecule has 6 fully saturated rings. The molecule has 0 radical (unpaired) electrons. The number of methoxy groups -OCH3 is 1. The third-order valence-corrected chi connectivity index (χ3v) is 16.0. The van der Waals surface area contributed by atoms with Crippen molar-refractivity contribution in [3.05, 3.63) is 52.1 Å². The lowest BCUT2D eigenvalue weighted by molar-refractivity contribution is -0.171. The number of hydrogen-bond donors (Lipinski definition) is 2. The number of carbonyl (C=O) groups excluding carboxylic acids is 3. The highest BCUT2D eigenvalue weighted by Gasteiger charge is 2.53. The molecule has 4 aromatic rings. The summed E-state index contributed by atoms with van der Waals surface area (Å²) in [6, 6.07) is 7.69. The minimum absolute atomic E-state index is 0.0469. The molecular weight excluding hydrogens is 817 g/mol. The zero-order valence-corrected chi connectivity index (χ0v) is 38.5. The second-order valence-electron chi connectivity index (χ2n) is 19.8. The number of nitrogens with zero attached hydrogens (tertiary/aromatic N) is 6. The third kappa shape index (κ3) is 7.74. The van der Waals surface area contributed by atoms with Crippen LogP contribution in [0.3, 0.4) is 0 Å². The highest BCUT2D eigenvalue weighted by Crippen LogP contribution is 2.46. The highest BCUT2D eigenvalue weighted by molar-refractivity contribution is 7.10. The van der Waals surface area contributed by atoms with E-state index in [1.807, 2.05) is 6.20 Å². The van der Waals surface area contributed by atoms with Gasteiger partial charge in [-0.25, -0.2) is 10.4 Å². The number of anilines is 1. The Labute approximate surface area is 374 Å². The van der Waals surface area contributed by atoms with Gasteiger partial charge in [-0.15, -0.1) is 11.3 Å². The molecule has 2 aliphatic carbocycles. The molecule has 2 saturated carbocycles. The number of ether oxygens (including phenoxy) is 3. The SMILES string of the molecule is CCn1c(-c2cc(N3CCN4CCOCC4C3)cnc2C(C)OC)c2c3cc(ccc31)-c1csc(n1)CC(NC(=O)C1C(C)C1C)C(=O)N1NC(C(=O)OCC(C)(C)C2)C2CC1C2. The van der Waals surface area contributed by atoms with E-state index in [2.05, 4.69) is 96.3 Å². The normalized spacial score (nSPS) is 30.0. The second kappa shape index (κ2) is 16.5. The maximum atomic E-state index is 14.5. The molecule has 6 atom stereocenters. The average Bonchev–Trinajstić information content (AvgIpc) is 3.54. The minimum Gasteiger partial charge on any atom is -0.464 e. The van der Waals surface area contributed by atoms with Gasteiger partial charge in [0.1, 0.15) is 12.1 Å². The Bertz CT molecular complexity index is 2420. The maximum absolute atomic E-state index is 14.5. The molecule has 6 unspecified atom stereocenters. The van der Waals surface area contributed by atoms with Crippen molar-refractivity contribution in [2.75, 3.05) is 58.0 Å². The predicted octanol–water partition coefficient (Wildman–Crippen LogP) is 5.62. The first-order valence-corrected chi connectivity index (χ1v) is 24.0. The lowest BCUT2D eigenvalue weighted by Gasteiger charge is -2.53. The molecule has 8 heterocycles. The fraction of sp³-hybridized carbons (Fsp3) is 0.604. The minimum atomic E-state index is -0.834. The summed E-state index contributed by atoms with van der Waals surface area (Å²) in [7, 11) is 1.73. The van der Waals surface area contributed by atoms with Gasteiger partial charge in [-0.1, -0.05) is 33.8 Å². The van der Waals surface area contributed by atoms with Gasteiger partial charge in [0, 0.05) is 91.0 Å². The summed E-state index contributed by atoms with van der Waals surface area (Å²) in [6.07, 6.45) is 4.02. The van der Waals surface area contributed by atoms with Crippen LogP contribution in [0.4, 0.5) is 5.69 Å². The number of hydrazine groups is 1. The summed E-state index contributed by atoms with van der Waals surface area (Å²) in [5, 5.41) is 8.67. The van der Waals surface area contributed by atoms with Crippen LogP contribution in [-0.4, -0.2) is 120 Å². The molecule has 3 aromatic heterocycles. The number of benzene rings is 1. The first-order chi connectivity index (χ1) is 30.3. The molecule has 336 valence electrons. The Hall–Kier alpha value is -4.41. The van der Waals surface area contributed by atoms with Crippen molar-refractivity contribution in [1.82, 2.24) is 35.2 Å². The Morgan fingerprint density at radius 3 is 2.68 bits per heavy atom. The van der Waals surface area contributed by atoms with Crippen molar-refractivity contribution in [2.45, 2.75) is 104 Å². The van der Waals surface area contributed by atoms with Gasteiger partial charge in [-0.05, 0) is 74.6 Å². The van der Waals surface area contributed by atoms with E-state index in [1.54, 1.807) is 12.1 Å². The summed E-state index contributed by atoms with van der Waals surface area (Å²) in [5.41, 5.74) is 10.9. The van der Waals surface area contributed by atoms with E-state index in [9.17, 15) is 14.4 Å². The van der Waals surface area contributed by atoms with Crippen LogP contribution in [0.25, 0.3) is 33.4 Å². The van der Waals surface area contributed by atoms with E-state index in [0.717, 1.165) is 101 Å². The van der Waals surface area contributed by atoms with E-state index in [0.29, 0.717) is 25.3 Å². The van der Waals surface area contributed by atoms with Crippen molar-refractivity contribution >= 4 is 45.7 Å². The number of hydrogen-bond acceptors (Lipinski definition) is 12. The van der Waals surface area contributed by atoms with E-state index in [-0.39, 0.29) is 66.6 Å². The summed E-state index contributed by atoms with van der Waals surface area (Å²) in [6.45, 7) is 18.9. The van der Waals surface area contributed by atoms with Crippen LogP contribution >= 0.6 is 11.3 Å². The largest absolute Gasteiger partial charge is 0.464 e. The smallest absolute Gasteiger partial charge is 0.325 e. The monoisotopic (exact) mass is 878 g/mol. The number of nitrogens with one attached hydrogen (secondary N) is 2. The highest BCUT2D eigenvalue weighted by atomic mass is 32.1. The Morgan fingerprint density at radius 2 is 1.92 bits per heavy atom. The van der Waals surface area contributed by atoms with Crippen LogP contribution in [0, 0.1) is 29.1 Å². The van der Waals surface area contributed by atoms with Crippen molar-refractivity contribution in [2.24, 2.45) is 29.1 Å². The van der Waals surface area contributed by atoms with E-state index in [1.165, 1.54) is 11.3 Å². The molecule has 7 aliphatic rings. The summed E-state index contributed by atoms with van der Waals surface area (Å²) < 4.78 is 20.6. The molecule has 2 amide bonds. The Morgan fingerprint density at radius 1 is 1.11 bits per heavy atom. The summed E-state index contributed by atoms with van der Waals surface area (Å²) in [4.78, 5) is 57.5. The number of piperazine rings is 1. The number of aromatic nitrogens is 3. The zero-order chi connectivity index (χ0) is 43.9. The first-order valence-electron chi connectivity index (χ1n) is 23.1. The van der Waals surface area contributed by atoms with Crippen molar-refractivity contribution in [3.63, 3.8) is 0 Å². The molecule has 8 bridgehead atoms. The fourth-order valence-electron chi connectivity index (χ4n) is 11.0. The van der Waals surface area contributed by atoms with Crippen LogP contribution < -0.4 is 15.6 Å². The molecular formula is C48H62N8O6S. The van der Waals surface area contributed by atoms with E-state index in [4.69, 9.17) is 24.2 Å².